The second-order valence-electron chi connectivity index (χ2n) is 5.47. The molecule has 5 nitrogen and oxygen atoms in total. The van der Waals surface area contributed by atoms with E-state index in [0.717, 1.165) is 5.56 Å². The van der Waals surface area contributed by atoms with Crippen LogP contribution in [0.5, 0.6) is 5.75 Å². The molecule has 0 N–H and O–H groups in total. The minimum Gasteiger partial charge on any atom is -0.484 e. The molecule has 0 saturated carbocycles. The molecule has 24 heavy (non-hydrogen) atoms. The SMILES string of the molecule is CCC(=O)c1ccc(OCc2nc(-c3ccc(C)cc3)no2)cc1. The Morgan fingerprint density at radius 2 is 1.79 bits per heavy atom. The van der Waals surface area contributed by atoms with Crippen molar-refractivity contribution in [2.24, 2.45) is 0 Å². The maximum Gasteiger partial charge on any atom is 0.264 e. The number of aromatic nitrogens is 2. The Balaban J connectivity index is 1.63. The number of ether oxygens (including phenoxy) is 1. The average molecular weight is 322 g/mol. The van der Waals surface area contributed by atoms with Crippen LogP contribution in [0.25, 0.3) is 11.4 Å². The molecule has 0 unspecified atom stereocenters. The number of ketones is 1. The highest BCUT2D eigenvalue weighted by atomic mass is 16.5. The monoisotopic (exact) mass is 322 g/mol. The highest BCUT2D eigenvalue weighted by Gasteiger charge is 2.09. The van der Waals surface area contributed by atoms with E-state index in [-0.39, 0.29) is 12.4 Å². The van der Waals surface area contributed by atoms with Gasteiger partial charge in [-0.1, -0.05) is 41.9 Å². The lowest BCUT2D eigenvalue weighted by atomic mass is 10.1. The van der Waals surface area contributed by atoms with Crippen molar-refractivity contribution in [2.75, 3.05) is 0 Å². The summed E-state index contributed by atoms with van der Waals surface area (Å²) in [4.78, 5) is 15.9. The Bertz CT molecular complexity index is 821. The van der Waals surface area contributed by atoms with Gasteiger partial charge < -0.3 is 9.26 Å². The Morgan fingerprint density at radius 1 is 1.08 bits per heavy atom. The van der Waals surface area contributed by atoms with E-state index >= 15 is 0 Å². The second-order valence-corrected chi connectivity index (χ2v) is 5.47. The van der Waals surface area contributed by atoms with Gasteiger partial charge in [0.25, 0.3) is 5.89 Å². The molecule has 0 atom stereocenters. The van der Waals surface area contributed by atoms with Crippen LogP contribution in [0.1, 0.15) is 35.2 Å². The van der Waals surface area contributed by atoms with Crippen LogP contribution in [-0.4, -0.2) is 15.9 Å². The van der Waals surface area contributed by atoms with E-state index in [2.05, 4.69) is 10.1 Å². The smallest absolute Gasteiger partial charge is 0.264 e. The summed E-state index contributed by atoms with van der Waals surface area (Å²) in [7, 11) is 0. The molecular formula is C19H18N2O3. The molecular weight excluding hydrogens is 304 g/mol. The predicted molar refractivity (Wildman–Crippen MR) is 89.9 cm³/mol. The minimum atomic E-state index is 0.112. The van der Waals surface area contributed by atoms with Crippen molar-refractivity contribution in [3.8, 4) is 17.1 Å². The van der Waals surface area contributed by atoms with Gasteiger partial charge in [0.1, 0.15) is 5.75 Å². The quantitative estimate of drug-likeness (QED) is 0.636. The first kappa shape index (κ1) is 15.9. The highest BCUT2D eigenvalue weighted by Crippen LogP contribution is 2.18. The number of benzene rings is 2. The number of nitrogens with zero attached hydrogens (tertiary/aromatic N) is 2. The predicted octanol–water partition coefficient (Wildman–Crippen LogP) is 4.22. The number of carbonyl (C=O) groups excluding carboxylic acids is 1. The van der Waals surface area contributed by atoms with Gasteiger partial charge in [0.05, 0.1) is 0 Å². The summed E-state index contributed by atoms with van der Waals surface area (Å²) in [6, 6.07) is 14.9. The molecule has 0 bridgehead atoms. The third-order valence-electron chi connectivity index (χ3n) is 3.64. The lowest BCUT2D eigenvalue weighted by Crippen LogP contribution is -1.98. The summed E-state index contributed by atoms with van der Waals surface area (Å²) >= 11 is 0. The summed E-state index contributed by atoms with van der Waals surface area (Å²) in [5.41, 5.74) is 2.76. The Labute approximate surface area is 140 Å². The lowest BCUT2D eigenvalue weighted by molar-refractivity contribution is 0.0988. The van der Waals surface area contributed by atoms with Crippen LogP contribution in [0.15, 0.2) is 53.1 Å². The molecule has 2 aromatic carbocycles. The van der Waals surface area contributed by atoms with Gasteiger partial charge >= 0.3 is 0 Å². The molecule has 0 fully saturated rings. The first-order chi connectivity index (χ1) is 11.7. The second kappa shape index (κ2) is 7.08. The fourth-order valence-electron chi connectivity index (χ4n) is 2.22. The molecule has 1 heterocycles. The van der Waals surface area contributed by atoms with E-state index in [4.69, 9.17) is 9.26 Å². The average Bonchev–Trinajstić information content (AvgIpc) is 3.09. The zero-order chi connectivity index (χ0) is 16.9. The van der Waals surface area contributed by atoms with Gasteiger partial charge in [0, 0.05) is 17.5 Å². The fraction of sp³-hybridized carbons (Fsp3) is 0.211. The maximum absolute atomic E-state index is 11.6. The fourth-order valence-corrected chi connectivity index (χ4v) is 2.22. The van der Waals surface area contributed by atoms with Crippen molar-refractivity contribution in [2.45, 2.75) is 26.9 Å². The normalized spacial score (nSPS) is 10.6. The summed E-state index contributed by atoms with van der Waals surface area (Å²) < 4.78 is 10.8. The molecule has 0 aliphatic carbocycles. The Morgan fingerprint density at radius 3 is 2.46 bits per heavy atom. The van der Waals surface area contributed by atoms with Crippen LogP contribution >= 0.6 is 0 Å². The number of rotatable bonds is 6. The molecule has 0 spiro atoms. The molecule has 0 radical (unpaired) electrons. The van der Waals surface area contributed by atoms with E-state index in [1.807, 2.05) is 38.1 Å². The topological polar surface area (TPSA) is 65.2 Å². The summed E-state index contributed by atoms with van der Waals surface area (Å²) in [5, 5.41) is 3.97. The summed E-state index contributed by atoms with van der Waals surface area (Å²) in [6.45, 7) is 4.05. The van der Waals surface area contributed by atoms with Gasteiger partial charge in [-0.15, -0.1) is 0 Å². The van der Waals surface area contributed by atoms with E-state index in [1.54, 1.807) is 24.3 Å². The zero-order valence-electron chi connectivity index (χ0n) is 13.7. The Hall–Kier alpha value is -2.95. The van der Waals surface area contributed by atoms with Gasteiger partial charge in [-0.3, -0.25) is 4.79 Å². The zero-order valence-corrected chi connectivity index (χ0v) is 13.7. The van der Waals surface area contributed by atoms with Gasteiger partial charge in [-0.2, -0.15) is 4.98 Å². The van der Waals surface area contributed by atoms with Gasteiger partial charge in [-0.25, -0.2) is 0 Å². The van der Waals surface area contributed by atoms with E-state index in [0.29, 0.717) is 29.4 Å². The maximum atomic E-state index is 11.6. The van der Waals surface area contributed by atoms with Gasteiger partial charge in [0.2, 0.25) is 5.82 Å². The third-order valence-corrected chi connectivity index (χ3v) is 3.64. The molecule has 0 aliphatic heterocycles. The number of aryl methyl sites for hydroxylation is 1. The van der Waals surface area contributed by atoms with E-state index < -0.39 is 0 Å². The van der Waals surface area contributed by atoms with Crippen LogP contribution in [0.3, 0.4) is 0 Å². The molecule has 0 saturated heterocycles. The molecule has 5 heteroatoms. The molecule has 122 valence electrons. The molecule has 1 aromatic heterocycles. The van der Waals surface area contributed by atoms with Crippen molar-refractivity contribution >= 4 is 5.78 Å². The van der Waals surface area contributed by atoms with Crippen LogP contribution in [0, 0.1) is 6.92 Å². The Kier molecular flexibility index (Phi) is 4.70. The van der Waals surface area contributed by atoms with Crippen molar-refractivity contribution in [1.82, 2.24) is 10.1 Å². The molecule has 3 rings (SSSR count). The van der Waals surface area contributed by atoms with Gasteiger partial charge in [0.15, 0.2) is 12.4 Å². The largest absolute Gasteiger partial charge is 0.484 e. The number of Topliss-reactive ketones (excluding diaryl/α,β-unsaturated/α-hetero) is 1. The first-order valence-corrected chi connectivity index (χ1v) is 7.81. The van der Waals surface area contributed by atoms with Crippen molar-refractivity contribution in [3.63, 3.8) is 0 Å². The number of hydrogen-bond acceptors (Lipinski definition) is 5. The minimum absolute atomic E-state index is 0.112. The van der Waals surface area contributed by atoms with Crippen LogP contribution in [0.2, 0.25) is 0 Å². The third kappa shape index (κ3) is 3.68. The van der Waals surface area contributed by atoms with E-state index in [1.165, 1.54) is 5.56 Å². The van der Waals surface area contributed by atoms with Crippen molar-refractivity contribution in [3.05, 3.63) is 65.5 Å². The molecule has 3 aromatic rings. The van der Waals surface area contributed by atoms with Crippen LogP contribution < -0.4 is 4.74 Å². The standard InChI is InChI=1S/C19H18N2O3/c1-3-17(22)14-8-10-16(11-9-14)23-12-18-20-19(21-24-18)15-6-4-13(2)5-7-15/h4-11H,3,12H2,1-2H3. The lowest BCUT2D eigenvalue weighted by Gasteiger charge is -2.04. The summed E-state index contributed by atoms with van der Waals surface area (Å²) in [5.74, 6) is 1.70. The van der Waals surface area contributed by atoms with Crippen LogP contribution in [-0.2, 0) is 6.61 Å². The highest BCUT2D eigenvalue weighted by molar-refractivity contribution is 5.95. The van der Waals surface area contributed by atoms with Crippen molar-refractivity contribution in [1.29, 1.82) is 0 Å². The number of carbonyl (C=O) groups is 1. The van der Waals surface area contributed by atoms with Crippen LogP contribution in [0.4, 0.5) is 0 Å². The van der Waals surface area contributed by atoms with Gasteiger partial charge in [-0.05, 0) is 31.2 Å². The summed E-state index contributed by atoms with van der Waals surface area (Å²) in [6.07, 6.45) is 0.490. The molecule has 0 aliphatic rings. The number of hydrogen-bond donors (Lipinski definition) is 0. The first-order valence-electron chi connectivity index (χ1n) is 7.81. The molecule has 0 amide bonds. The van der Waals surface area contributed by atoms with Crippen molar-refractivity contribution < 1.29 is 14.1 Å². The van der Waals surface area contributed by atoms with E-state index in [9.17, 15) is 4.79 Å².